The molecule has 0 amide bonds. The van der Waals surface area contributed by atoms with Gasteiger partial charge in [-0.1, -0.05) is 74.3 Å². The first-order valence-corrected chi connectivity index (χ1v) is 14.6. The fraction of sp³-hybridized carbons (Fsp3) is 0.278. The molecule has 2 aromatic carbocycles. The Hall–Kier alpha value is -3.22. The van der Waals surface area contributed by atoms with Gasteiger partial charge in [-0.15, -0.1) is 0 Å². The molecule has 4 aromatic rings. The molecule has 0 fully saturated rings. The van der Waals surface area contributed by atoms with Crippen LogP contribution in [0.3, 0.4) is 0 Å². The van der Waals surface area contributed by atoms with Gasteiger partial charge in [-0.3, -0.25) is 0 Å². The van der Waals surface area contributed by atoms with Crippen molar-refractivity contribution in [3.05, 3.63) is 120 Å². The fourth-order valence-electron chi connectivity index (χ4n) is 4.66. The van der Waals surface area contributed by atoms with E-state index in [1.807, 2.05) is 24.3 Å². The standard InChI is InChI=1S/C36H40N2O2.2BrH/c39-35-17-13-31(14-18-35)9-11-33-21-27-37(28-22-33)25-7-5-3-1-2-4-6-8-26-38-29-23-34(24-30-38)12-10-32-15-19-36(40)20-16-32;;/h9-24,27-30H,1-8,25-26H2;2*1H. The first-order valence-electron chi connectivity index (χ1n) is 14.6. The molecule has 0 radical (unpaired) electrons. The van der Waals surface area contributed by atoms with Gasteiger partial charge in [0, 0.05) is 37.1 Å². The van der Waals surface area contributed by atoms with Gasteiger partial charge in [0.25, 0.3) is 0 Å². The minimum atomic E-state index is 0. The van der Waals surface area contributed by atoms with E-state index in [-0.39, 0.29) is 34.0 Å². The van der Waals surface area contributed by atoms with Crippen molar-refractivity contribution in [3.63, 3.8) is 0 Å². The van der Waals surface area contributed by atoms with Crippen molar-refractivity contribution in [2.45, 2.75) is 64.5 Å². The van der Waals surface area contributed by atoms with E-state index in [1.54, 1.807) is 24.3 Å². The Labute approximate surface area is 272 Å². The number of phenolic OH excluding ortho intramolecular Hbond substituents is 2. The number of phenols is 2. The third kappa shape index (κ3) is 13.2. The van der Waals surface area contributed by atoms with E-state index >= 15 is 0 Å². The molecule has 42 heavy (non-hydrogen) atoms. The van der Waals surface area contributed by atoms with Crippen LogP contribution in [0, 0.1) is 0 Å². The Morgan fingerprint density at radius 3 is 0.952 bits per heavy atom. The van der Waals surface area contributed by atoms with Crippen LogP contribution >= 0.6 is 0 Å². The van der Waals surface area contributed by atoms with Crippen molar-refractivity contribution in [2.24, 2.45) is 0 Å². The summed E-state index contributed by atoms with van der Waals surface area (Å²) in [6.45, 7) is 2.15. The summed E-state index contributed by atoms with van der Waals surface area (Å²) >= 11 is 0. The van der Waals surface area contributed by atoms with Crippen LogP contribution in [0.15, 0.2) is 97.6 Å². The summed E-state index contributed by atoms with van der Waals surface area (Å²) in [7, 11) is 0. The maximum Gasteiger partial charge on any atom is 0.169 e. The highest BCUT2D eigenvalue weighted by Gasteiger charge is 2.02. The zero-order valence-electron chi connectivity index (χ0n) is 24.2. The Morgan fingerprint density at radius 1 is 0.381 bits per heavy atom. The summed E-state index contributed by atoms with van der Waals surface area (Å²) in [5.41, 5.74) is 4.52. The molecule has 0 bridgehead atoms. The van der Waals surface area contributed by atoms with E-state index in [0.29, 0.717) is 11.5 Å². The maximum atomic E-state index is 9.38. The maximum absolute atomic E-state index is 9.38. The largest absolute Gasteiger partial charge is 1.00 e. The minimum absolute atomic E-state index is 0. The third-order valence-electron chi connectivity index (χ3n) is 7.14. The number of aromatic hydroxyl groups is 2. The van der Waals surface area contributed by atoms with Crippen molar-refractivity contribution in [2.75, 3.05) is 0 Å². The van der Waals surface area contributed by atoms with Gasteiger partial charge in [0.15, 0.2) is 24.8 Å². The van der Waals surface area contributed by atoms with Crippen LogP contribution in [0.4, 0.5) is 0 Å². The SMILES string of the molecule is Oc1ccc(/C=C/c2cc[n+](CCCCCCCCCC[n+]3ccc(/C=C/c4ccc(O)cc4)cc3)cc2)cc1.[Br-].[Br-]. The lowest BCUT2D eigenvalue weighted by Crippen LogP contribution is -3.00. The molecule has 0 spiro atoms. The molecule has 222 valence electrons. The molecule has 2 aromatic heterocycles. The first kappa shape index (κ1) is 35.0. The van der Waals surface area contributed by atoms with E-state index in [4.69, 9.17) is 0 Å². The molecular formula is C36H42Br2N2O2. The number of hydrogen-bond acceptors (Lipinski definition) is 2. The average molecular weight is 695 g/mol. The third-order valence-corrected chi connectivity index (χ3v) is 7.14. The lowest BCUT2D eigenvalue weighted by molar-refractivity contribution is -0.697. The van der Waals surface area contributed by atoms with Gasteiger partial charge in [0.2, 0.25) is 0 Å². The predicted octanol–water partition coefficient (Wildman–Crippen LogP) is 1.84. The number of aromatic nitrogens is 2. The summed E-state index contributed by atoms with van der Waals surface area (Å²) < 4.78 is 4.54. The van der Waals surface area contributed by atoms with Gasteiger partial charge in [-0.05, 0) is 59.4 Å². The Morgan fingerprint density at radius 2 is 0.643 bits per heavy atom. The summed E-state index contributed by atoms with van der Waals surface area (Å²) in [6.07, 6.45) is 27.3. The number of rotatable bonds is 15. The average Bonchev–Trinajstić information content (AvgIpc) is 2.99. The van der Waals surface area contributed by atoms with Crippen LogP contribution in [0.1, 0.15) is 73.6 Å². The van der Waals surface area contributed by atoms with Gasteiger partial charge in [-0.2, -0.15) is 0 Å². The van der Waals surface area contributed by atoms with Crippen molar-refractivity contribution < 1.29 is 53.3 Å². The molecule has 2 heterocycles. The van der Waals surface area contributed by atoms with Crippen LogP contribution in [-0.2, 0) is 13.1 Å². The van der Waals surface area contributed by atoms with Gasteiger partial charge in [-0.25, -0.2) is 9.13 Å². The minimum Gasteiger partial charge on any atom is -1.00 e. The van der Waals surface area contributed by atoms with E-state index in [0.717, 1.165) is 24.2 Å². The van der Waals surface area contributed by atoms with Crippen LogP contribution in [0.25, 0.3) is 24.3 Å². The monoisotopic (exact) mass is 692 g/mol. The highest BCUT2D eigenvalue weighted by atomic mass is 79.9. The topological polar surface area (TPSA) is 48.2 Å². The molecule has 0 saturated carbocycles. The smallest absolute Gasteiger partial charge is 0.169 e. The van der Waals surface area contributed by atoms with Crippen molar-refractivity contribution in [1.29, 1.82) is 0 Å². The number of nitrogens with zero attached hydrogens (tertiary/aromatic N) is 2. The van der Waals surface area contributed by atoms with E-state index in [2.05, 4.69) is 82.5 Å². The summed E-state index contributed by atoms with van der Waals surface area (Å²) in [6, 6.07) is 23.1. The normalized spacial score (nSPS) is 11.0. The second kappa shape index (κ2) is 19.8. The van der Waals surface area contributed by atoms with E-state index in [9.17, 15) is 10.2 Å². The summed E-state index contributed by atoms with van der Waals surface area (Å²) in [5.74, 6) is 0.590. The lowest BCUT2D eigenvalue weighted by atomic mass is 10.1. The van der Waals surface area contributed by atoms with Crippen LogP contribution in [0.2, 0.25) is 0 Å². The molecule has 0 aliphatic heterocycles. The molecule has 0 unspecified atom stereocenters. The van der Waals surface area contributed by atoms with Gasteiger partial charge < -0.3 is 44.2 Å². The zero-order chi connectivity index (χ0) is 27.8. The molecule has 0 aliphatic carbocycles. The number of hydrogen-bond donors (Lipinski definition) is 2. The second-order valence-electron chi connectivity index (χ2n) is 10.4. The lowest BCUT2D eigenvalue weighted by Gasteiger charge is -2.02. The van der Waals surface area contributed by atoms with E-state index < -0.39 is 0 Å². The van der Waals surface area contributed by atoms with Crippen molar-refractivity contribution >= 4 is 24.3 Å². The highest BCUT2D eigenvalue weighted by molar-refractivity contribution is 5.70. The number of unbranched alkanes of at least 4 members (excludes halogenated alkanes) is 7. The Kier molecular flexibility index (Phi) is 16.5. The zero-order valence-corrected chi connectivity index (χ0v) is 27.3. The first-order chi connectivity index (χ1) is 19.6. The predicted molar refractivity (Wildman–Crippen MR) is 164 cm³/mol. The van der Waals surface area contributed by atoms with Gasteiger partial charge >= 0.3 is 0 Å². The number of aryl methyl sites for hydroxylation is 2. The molecule has 4 nitrogen and oxygen atoms in total. The van der Waals surface area contributed by atoms with Crippen molar-refractivity contribution in [3.8, 4) is 11.5 Å². The Bertz CT molecular complexity index is 1230. The molecule has 0 atom stereocenters. The molecular weight excluding hydrogens is 652 g/mol. The molecule has 0 saturated heterocycles. The highest BCUT2D eigenvalue weighted by Crippen LogP contribution is 2.14. The number of pyridine rings is 2. The van der Waals surface area contributed by atoms with Crippen LogP contribution in [-0.4, -0.2) is 10.2 Å². The van der Waals surface area contributed by atoms with E-state index in [1.165, 1.54) is 62.5 Å². The molecule has 2 N–H and O–H groups in total. The second-order valence-corrected chi connectivity index (χ2v) is 10.4. The summed E-state index contributed by atoms with van der Waals surface area (Å²) in [4.78, 5) is 0. The Balaban J connectivity index is 0.00000308. The quantitative estimate of drug-likeness (QED) is 0.148. The van der Waals surface area contributed by atoms with Crippen LogP contribution in [0.5, 0.6) is 11.5 Å². The molecule has 0 aliphatic rings. The number of benzene rings is 2. The van der Waals surface area contributed by atoms with Crippen LogP contribution < -0.4 is 43.1 Å². The summed E-state index contributed by atoms with van der Waals surface area (Å²) in [5, 5.41) is 18.8. The van der Waals surface area contributed by atoms with Gasteiger partial charge in [0.1, 0.15) is 24.6 Å². The van der Waals surface area contributed by atoms with Crippen molar-refractivity contribution in [1.82, 2.24) is 0 Å². The van der Waals surface area contributed by atoms with Gasteiger partial charge in [0.05, 0.1) is 0 Å². The molecule has 4 rings (SSSR count). The number of halogens is 2. The molecule has 6 heteroatoms. The fourth-order valence-corrected chi connectivity index (χ4v) is 4.66.